The standard InChI is InChI=1S/C15H26N2O/c1-15(2)5-3-13(4-6-15)16-7-9-17(10-8-16)14-11-18-12-14/h3,5,13-14H,4,6-12H2,1-2H3. The van der Waals surface area contributed by atoms with Gasteiger partial charge in [0.2, 0.25) is 0 Å². The Hall–Kier alpha value is -0.380. The Bertz CT molecular complexity index is 314. The second-order valence-electron chi connectivity index (χ2n) is 6.72. The van der Waals surface area contributed by atoms with Gasteiger partial charge >= 0.3 is 0 Å². The molecule has 0 amide bonds. The predicted octanol–water partition coefficient (Wildman–Crippen LogP) is 1.75. The normalized spacial score (nSPS) is 34.4. The highest BCUT2D eigenvalue weighted by atomic mass is 16.5. The fraction of sp³-hybridized carbons (Fsp3) is 0.867. The first-order valence-electron chi connectivity index (χ1n) is 7.39. The van der Waals surface area contributed by atoms with Gasteiger partial charge in [0.25, 0.3) is 0 Å². The van der Waals surface area contributed by atoms with Gasteiger partial charge in [-0.25, -0.2) is 0 Å². The Balaban J connectivity index is 1.50. The maximum atomic E-state index is 5.29. The van der Waals surface area contributed by atoms with Gasteiger partial charge in [-0.05, 0) is 18.3 Å². The zero-order valence-corrected chi connectivity index (χ0v) is 11.8. The molecule has 1 unspecified atom stereocenters. The van der Waals surface area contributed by atoms with Crippen LogP contribution in [0.2, 0.25) is 0 Å². The summed E-state index contributed by atoms with van der Waals surface area (Å²) in [6.07, 6.45) is 7.53. The van der Waals surface area contributed by atoms with Crippen LogP contribution >= 0.6 is 0 Å². The molecule has 0 radical (unpaired) electrons. The average molecular weight is 250 g/mol. The van der Waals surface area contributed by atoms with Crippen molar-refractivity contribution in [2.24, 2.45) is 5.41 Å². The van der Waals surface area contributed by atoms with Crippen LogP contribution in [0, 0.1) is 5.41 Å². The van der Waals surface area contributed by atoms with Gasteiger partial charge in [-0.15, -0.1) is 0 Å². The van der Waals surface area contributed by atoms with Gasteiger partial charge < -0.3 is 4.74 Å². The molecule has 2 aliphatic heterocycles. The van der Waals surface area contributed by atoms with E-state index in [1.807, 2.05) is 0 Å². The highest BCUT2D eigenvalue weighted by Gasteiger charge is 2.32. The lowest BCUT2D eigenvalue weighted by atomic mass is 9.81. The average Bonchev–Trinajstić information content (AvgIpc) is 2.28. The summed E-state index contributed by atoms with van der Waals surface area (Å²) in [6.45, 7) is 11.5. The smallest absolute Gasteiger partial charge is 0.0645 e. The summed E-state index contributed by atoms with van der Waals surface area (Å²) in [5, 5.41) is 0. The first-order chi connectivity index (χ1) is 8.64. The molecule has 0 aromatic rings. The number of rotatable bonds is 2. The Morgan fingerprint density at radius 2 is 1.72 bits per heavy atom. The molecule has 2 fully saturated rings. The highest BCUT2D eigenvalue weighted by molar-refractivity contribution is 5.07. The molecule has 3 heteroatoms. The first kappa shape index (κ1) is 12.6. The van der Waals surface area contributed by atoms with Gasteiger partial charge in [0.15, 0.2) is 0 Å². The molecule has 18 heavy (non-hydrogen) atoms. The van der Waals surface area contributed by atoms with E-state index in [9.17, 15) is 0 Å². The monoisotopic (exact) mass is 250 g/mol. The van der Waals surface area contributed by atoms with E-state index < -0.39 is 0 Å². The third-order valence-corrected chi connectivity index (χ3v) is 4.81. The summed E-state index contributed by atoms with van der Waals surface area (Å²) in [5.41, 5.74) is 0.418. The van der Waals surface area contributed by atoms with Gasteiger partial charge in [0, 0.05) is 32.2 Å². The van der Waals surface area contributed by atoms with E-state index in [0.29, 0.717) is 17.5 Å². The molecule has 3 rings (SSSR count). The van der Waals surface area contributed by atoms with Gasteiger partial charge in [-0.1, -0.05) is 26.0 Å². The molecule has 0 aromatic heterocycles. The van der Waals surface area contributed by atoms with Crippen LogP contribution in [0.3, 0.4) is 0 Å². The van der Waals surface area contributed by atoms with E-state index in [-0.39, 0.29) is 0 Å². The Morgan fingerprint density at radius 1 is 1.06 bits per heavy atom. The topological polar surface area (TPSA) is 15.7 Å². The van der Waals surface area contributed by atoms with Gasteiger partial charge in [-0.3, -0.25) is 9.80 Å². The summed E-state index contributed by atoms with van der Waals surface area (Å²) in [4.78, 5) is 5.28. The molecule has 2 saturated heterocycles. The maximum Gasteiger partial charge on any atom is 0.0645 e. The number of ether oxygens (including phenoxy) is 1. The third kappa shape index (κ3) is 2.63. The molecule has 102 valence electrons. The third-order valence-electron chi connectivity index (χ3n) is 4.81. The molecular formula is C15H26N2O. The van der Waals surface area contributed by atoms with Crippen molar-refractivity contribution >= 4 is 0 Å². The van der Waals surface area contributed by atoms with E-state index in [2.05, 4.69) is 35.8 Å². The summed E-state index contributed by atoms with van der Waals surface area (Å²) >= 11 is 0. The van der Waals surface area contributed by atoms with E-state index >= 15 is 0 Å². The zero-order chi connectivity index (χ0) is 12.6. The molecule has 0 N–H and O–H groups in total. The highest BCUT2D eigenvalue weighted by Crippen LogP contribution is 2.31. The fourth-order valence-electron chi connectivity index (χ4n) is 3.24. The van der Waals surface area contributed by atoms with Crippen molar-refractivity contribution in [2.75, 3.05) is 39.4 Å². The molecule has 0 bridgehead atoms. The second kappa shape index (κ2) is 4.95. The molecule has 3 nitrogen and oxygen atoms in total. The Kier molecular flexibility index (Phi) is 3.48. The molecular weight excluding hydrogens is 224 g/mol. The van der Waals surface area contributed by atoms with Crippen molar-refractivity contribution in [2.45, 2.75) is 38.8 Å². The lowest BCUT2D eigenvalue weighted by Gasteiger charge is -2.45. The lowest BCUT2D eigenvalue weighted by Crippen LogP contribution is -2.58. The van der Waals surface area contributed by atoms with Crippen LogP contribution in [0.5, 0.6) is 0 Å². The molecule has 0 saturated carbocycles. The largest absolute Gasteiger partial charge is 0.378 e. The van der Waals surface area contributed by atoms with Crippen molar-refractivity contribution in [3.63, 3.8) is 0 Å². The van der Waals surface area contributed by atoms with E-state index in [1.54, 1.807) is 0 Å². The van der Waals surface area contributed by atoms with Crippen LogP contribution in [-0.2, 0) is 4.74 Å². The van der Waals surface area contributed by atoms with Crippen LogP contribution in [-0.4, -0.2) is 61.3 Å². The number of hydrogen-bond donors (Lipinski definition) is 0. The fourth-order valence-corrected chi connectivity index (χ4v) is 3.24. The van der Waals surface area contributed by atoms with Crippen molar-refractivity contribution < 1.29 is 4.74 Å². The van der Waals surface area contributed by atoms with Crippen molar-refractivity contribution in [1.82, 2.24) is 9.80 Å². The Morgan fingerprint density at radius 3 is 2.22 bits per heavy atom. The maximum absolute atomic E-state index is 5.29. The molecule has 2 heterocycles. The summed E-state index contributed by atoms with van der Waals surface area (Å²) in [7, 11) is 0. The number of nitrogens with zero attached hydrogens (tertiary/aromatic N) is 2. The summed E-state index contributed by atoms with van der Waals surface area (Å²) < 4.78 is 5.29. The van der Waals surface area contributed by atoms with Crippen molar-refractivity contribution in [3.05, 3.63) is 12.2 Å². The molecule has 3 aliphatic rings. The van der Waals surface area contributed by atoms with Crippen molar-refractivity contribution in [3.8, 4) is 0 Å². The second-order valence-corrected chi connectivity index (χ2v) is 6.72. The number of piperazine rings is 1. The minimum absolute atomic E-state index is 0.418. The van der Waals surface area contributed by atoms with Gasteiger partial charge in [0.1, 0.15) is 0 Å². The molecule has 0 spiro atoms. The van der Waals surface area contributed by atoms with Crippen LogP contribution in [0.15, 0.2) is 12.2 Å². The van der Waals surface area contributed by atoms with E-state index in [4.69, 9.17) is 4.74 Å². The lowest BCUT2D eigenvalue weighted by molar-refractivity contribution is -0.0789. The minimum Gasteiger partial charge on any atom is -0.378 e. The molecule has 1 aliphatic carbocycles. The quantitative estimate of drug-likeness (QED) is 0.694. The summed E-state index contributed by atoms with van der Waals surface area (Å²) in [6, 6.07) is 1.41. The van der Waals surface area contributed by atoms with Crippen molar-refractivity contribution in [1.29, 1.82) is 0 Å². The SMILES string of the molecule is CC1(C)C=CC(N2CCN(C3COC3)CC2)CC1. The van der Waals surface area contributed by atoms with Crippen LogP contribution in [0.1, 0.15) is 26.7 Å². The van der Waals surface area contributed by atoms with Gasteiger partial charge in [0.05, 0.1) is 19.3 Å². The predicted molar refractivity (Wildman–Crippen MR) is 73.7 cm³/mol. The minimum atomic E-state index is 0.418. The van der Waals surface area contributed by atoms with E-state index in [1.165, 1.54) is 39.0 Å². The van der Waals surface area contributed by atoms with E-state index in [0.717, 1.165) is 13.2 Å². The number of allylic oxidation sites excluding steroid dienone is 1. The number of hydrogen-bond acceptors (Lipinski definition) is 3. The molecule has 0 aromatic carbocycles. The zero-order valence-electron chi connectivity index (χ0n) is 11.8. The van der Waals surface area contributed by atoms with Gasteiger partial charge in [-0.2, -0.15) is 0 Å². The first-order valence-corrected chi connectivity index (χ1v) is 7.39. The van der Waals surface area contributed by atoms with Crippen LogP contribution in [0.4, 0.5) is 0 Å². The van der Waals surface area contributed by atoms with Crippen LogP contribution < -0.4 is 0 Å². The molecule has 1 atom stereocenters. The Labute approximate surface area is 111 Å². The summed E-state index contributed by atoms with van der Waals surface area (Å²) in [5.74, 6) is 0. The van der Waals surface area contributed by atoms with Crippen LogP contribution in [0.25, 0.3) is 0 Å².